The van der Waals surface area contributed by atoms with Gasteiger partial charge in [0.1, 0.15) is 6.04 Å². The minimum Gasteiger partial charge on any atom is -0.338 e. The fraction of sp³-hybridized carbons (Fsp3) is 0.611. The number of piperazine rings is 1. The molecule has 1 atom stereocenters. The highest BCUT2D eigenvalue weighted by Crippen LogP contribution is 2.23. The summed E-state index contributed by atoms with van der Waals surface area (Å²) < 4.78 is 0. The lowest BCUT2D eigenvalue weighted by Crippen LogP contribution is -2.52. The highest BCUT2D eigenvalue weighted by Gasteiger charge is 2.31. The number of amides is 1. The molecule has 1 aliphatic heterocycles. The van der Waals surface area contributed by atoms with Crippen molar-refractivity contribution in [3.8, 4) is 0 Å². The molecule has 0 radical (unpaired) electrons. The minimum absolute atomic E-state index is 0.149. The smallest absolute Gasteiger partial charge is 0.244 e. The van der Waals surface area contributed by atoms with E-state index in [1.54, 1.807) is 0 Å². The van der Waals surface area contributed by atoms with Crippen LogP contribution in [0.4, 0.5) is 0 Å². The molecule has 1 aromatic rings. The lowest BCUT2D eigenvalue weighted by Gasteiger charge is -2.38. The van der Waals surface area contributed by atoms with Gasteiger partial charge in [-0.25, -0.2) is 0 Å². The molecule has 1 saturated heterocycles. The lowest BCUT2D eigenvalue weighted by atomic mass is 10.0. The van der Waals surface area contributed by atoms with Gasteiger partial charge in [0, 0.05) is 26.2 Å². The zero-order chi connectivity index (χ0) is 15.9. The molecular formula is C18H29N3O. The van der Waals surface area contributed by atoms with Gasteiger partial charge in [0.25, 0.3) is 0 Å². The Morgan fingerprint density at radius 1 is 1.05 bits per heavy atom. The lowest BCUT2D eigenvalue weighted by molar-refractivity contribution is -0.139. The number of carbonyl (C=O) groups excluding carboxylic acids is 1. The zero-order valence-electron chi connectivity index (χ0n) is 14.2. The Morgan fingerprint density at radius 3 is 2.14 bits per heavy atom. The van der Waals surface area contributed by atoms with Crippen molar-refractivity contribution in [3.63, 3.8) is 0 Å². The van der Waals surface area contributed by atoms with Gasteiger partial charge in [-0.1, -0.05) is 51.1 Å². The third-order valence-electron chi connectivity index (χ3n) is 4.66. The second kappa shape index (κ2) is 8.30. The second-order valence-electron chi connectivity index (χ2n) is 5.79. The molecule has 1 unspecified atom stereocenters. The molecule has 1 fully saturated rings. The van der Waals surface area contributed by atoms with E-state index < -0.39 is 0 Å². The molecule has 1 heterocycles. The van der Waals surface area contributed by atoms with Gasteiger partial charge in [0.05, 0.1) is 0 Å². The third kappa shape index (κ3) is 3.87. The van der Waals surface area contributed by atoms with E-state index in [2.05, 4.69) is 42.7 Å². The number of rotatable bonds is 6. The molecule has 4 nitrogen and oxygen atoms in total. The van der Waals surface area contributed by atoms with Crippen molar-refractivity contribution in [2.75, 3.05) is 45.8 Å². The van der Waals surface area contributed by atoms with Crippen molar-refractivity contribution >= 4 is 5.91 Å². The topological polar surface area (TPSA) is 26.8 Å². The van der Waals surface area contributed by atoms with Crippen LogP contribution in [-0.2, 0) is 4.79 Å². The van der Waals surface area contributed by atoms with Gasteiger partial charge < -0.3 is 9.80 Å². The molecule has 1 aromatic carbocycles. The maximum atomic E-state index is 13.1. The average molecular weight is 303 g/mol. The van der Waals surface area contributed by atoms with E-state index in [0.717, 1.165) is 51.4 Å². The first kappa shape index (κ1) is 17.0. The van der Waals surface area contributed by atoms with Crippen LogP contribution in [-0.4, -0.2) is 66.4 Å². The molecule has 2 rings (SSSR count). The number of nitrogens with zero attached hydrogens (tertiary/aromatic N) is 3. The summed E-state index contributed by atoms with van der Waals surface area (Å²) in [6.07, 6.45) is 0. The maximum absolute atomic E-state index is 13.1. The summed E-state index contributed by atoms with van der Waals surface area (Å²) in [4.78, 5) is 19.8. The van der Waals surface area contributed by atoms with Crippen LogP contribution in [0.25, 0.3) is 0 Å². The van der Waals surface area contributed by atoms with Crippen LogP contribution in [0, 0.1) is 0 Å². The van der Waals surface area contributed by atoms with Crippen LogP contribution in [0.15, 0.2) is 30.3 Å². The molecule has 0 N–H and O–H groups in total. The molecule has 0 spiro atoms. The largest absolute Gasteiger partial charge is 0.338 e. The van der Waals surface area contributed by atoms with Gasteiger partial charge in [-0.2, -0.15) is 0 Å². The average Bonchev–Trinajstić information content (AvgIpc) is 2.60. The summed E-state index contributed by atoms with van der Waals surface area (Å²) in [5.41, 5.74) is 1.11. The maximum Gasteiger partial charge on any atom is 0.244 e. The summed E-state index contributed by atoms with van der Waals surface area (Å²) in [6, 6.07) is 10.0. The number of benzene rings is 1. The Bertz CT molecular complexity index is 451. The Morgan fingerprint density at radius 2 is 1.64 bits per heavy atom. The first-order valence-electron chi connectivity index (χ1n) is 8.51. The highest BCUT2D eigenvalue weighted by molar-refractivity contribution is 5.83. The van der Waals surface area contributed by atoms with Crippen molar-refractivity contribution < 1.29 is 4.79 Å². The Balaban J connectivity index is 2.16. The molecule has 0 bridgehead atoms. The third-order valence-corrected chi connectivity index (χ3v) is 4.66. The fourth-order valence-electron chi connectivity index (χ4n) is 3.19. The van der Waals surface area contributed by atoms with E-state index in [-0.39, 0.29) is 11.9 Å². The van der Waals surface area contributed by atoms with Gasteiger partial charge in [-0.15, -0.1) is 0 Å². The normalized spacial score (nSPS) is 17.7. The molecule has 1 aliphatic rings. The first-order valence-corrected chi connectivity index (χ1v) is 8.51. The molecule has 22 heavy (non-hydrogen) atoms. The van der Waals surface area contributed by atoms with Gasteiger partial charge >= 0.3 is 0 Å². The van der Waals surface area contributed by atoms with Crippen LogP contribution >= 0.6 is 0 Å². The molecule has 1 amide bonds. The van der Waals surface area contributed by atoms with E-state index in [1.165, 1.54) is 0 Å². The van der Waals surface area contributed by atoms with E-state index in [1.807, 2.05) is 23.1 Å². The highest BCUT2D eigenvalue weighted by atomic mass is 16.2. The summed E-state index contributed by atoms with van der Waals surface area (Å²) in [6.45, 7) is 12.9. The van der Waals surface area contributed by atoms with Crippen LogP contribution in [0.3, 0.4) is 0 Å². The number of carbonyl (C=O) groups is 1. The zero-order valence-corrected chi connectivity index (χ0v) is 14.2. The number of hydrogen-bond acceptors (Lipinski definition) is 3. The SMILES string of the molecule is CCN1CCN(C(=O)C(c2ccccc2)N(CC)CC)CC1. The molecule has 122 valence electrons. The fourth-order valence-corrected chi connectivity index (χ4v) is 3.19. The van der Waals surface area contributed by atoms with Crippen molar-refractivity contribution in [1.29, 1.82) is 0 Å². The number of likely N-dealkylation sites (N-methyl/N-ethyl adjacent to an activating group) is 2. The summed E-state index contributed by atoms with van der Waals surface area (Å²) in [5.74, 6) is 0.255. The molecule has 4 heteroatoms. The monoisotopic (exact) mass is 303 g/mol. The summed E-state index contributed by atoms with van der Waals surface area (Å²) in [5, 5.41) is 0. The Labute approximate surface area is 134 Å². The predicted octanol–water partition coefficient (Wildman–Crippen LogP) is 2.23. The predicted molar refractivity (Wildman–Crippen MR) is 90.8 cm³/mol. The van der Waals surface area contributed by atoms with E-state index >= 15 is 0 Å². The van der Waals surface area contributed by atoms with Gasteiger partial charge in [-0.3, -0.25) is 9.69 Å². The van der Waals surface area contributed by atoms with E-state index in [0.29, 0.717) is 0 Å². The molecule has 0 aromatic heterocycles. The van der Waals surface area contributed by atoms with Gasteiger partial charge in [-0.05, 0) is 25.2 Å². The van der Waals surface area contributed by atoms with Crippen LogP contribution < -0.4 is 0 Å². The van der Waals surface area contributed by atoms with Crippen molar-refractivity contribution in [2.24, 2.45) is 0 Å². The van der Waals surface area contributed by atoms with Crippen LogP contribution in [0.5, 0.6) is 0 Å². The molecule has 0 saturated carbocycles. The summed E-state index contributed by atoms with van der Waals surface area (Å²) >= 11 is 0. The molecule has 0 aliphatic carbocycles. The Hall–Kier alpha value is -1.39. The van der Waals surface area contributed by atoms with Crippen molar-refractivity contribution in [1.82, 2.24) is 14.7 Å². The molecular weight excluding hydrogens is 274 g/mol. The van der Waals surface area contributed by atoms with Gasteiger partial charge in [0.15, 0.2) is 0 Å². The number of hydrogen-bond donors (Lipinski definition) is 0. The van der Waals surface area contributed by atoms with E-state index in [4.69, 9.17) is 0 Å². The van der Waals surface area contributed by atoms with Gasteiger partial charge in [0.2, 0.25) is 5.91 Å². The van der Waals surface area contributed by atoms with Crippen LogP contribution in [0.2, 0.25) is 0 Å². The van der Waals surface area contributed by atoms with Crippen molar-refractivity contribution in [2.45, 2.75) is 26.8 Å². The standard InChI is InChI=1S/C18H29N3O/c1-4-19-12-14-21(15-13-19)18(22)17(20(5-2)6-3)16-10-8-7-9-11-16/h7-11,17H,4-6,12-15H2,1-3H3. The van der Waals surface area contributed by atoms with Crippen molar-refractivity contribution in [3.05, 3.63) is 35.9 Å². The van der Waals surface area contributed by atoms with E-state index in [9.17, 15) is 4.79 Å². The quantitative estimate of drug-likeness (QED) is 0.806. The Kier molecular flexibility index (Phi) is 6.40. The minimum atomic E-state index is -0.149. The second-order valence-corrected chi connectivity index (χ2v) is 5.79. The van der Waals surface area contributed by atoms with Crippen LogP contribution in [0.1, 0.15) is 32.4 Å². The summed E-state index contributed by atoms with van der Waals surface area (Å²) in [7, 11) is 0. The first-order chi connectivity index (χ1) is 10.7.